The zero-order valence-electron chi connectivity index (χ0n) is 5.90. The molecule has 1 rings (SSSR count). The lowest BCUT2D eigenvalue weighted by Gasteiger charge is -2.01. The lowest BCUT2D eigenvalue weighted by atomic mass is 10.1. The summed E-state index contributed by atoms with van der Waals surface area (Å²) in [6, 6.07) is 3.69. The molecule has 1 atom stereocenters. The van der Waals surface area contributed by atoms with Crippen LogP contribution in [0.2, 0.25) is 0 Å². The van der Waals surface area contributed by atoms with Gasteiger partial charge in [0.25, 0.3) is 0 Å². The Balaban J connectivity index is 2.57. The number of rotatable bonds is 3. The third-order valence-corrected chi connectivity index (χ3v) is 1.59. The number of hydrogen-bond acceptors (Lipinski definition) is 3. The standard InChI is InChI=1S/C8H8NOS/c10-8(6-11)5-7-1-3-9-4-2-7/h1-4,8,10H,5H2. The minimum absolute atomic E-state index is 0.520. The van der Waals surface area contributed by atoms with Crippen LogP contribution in [0.3, 0.4) is 0 Å². The number of aliphatic hydroxyl groups excluding tert-OH is 1. The lowest BCUT2D eigenvalue weighted by Crippen LogP contribution is -2.10. The topological polar surface area (TPSA) is 33.1 Å². The highest BCUT2D eigenvalue weighted by molar-refractivity contribution is 7.79. The fraction of sp³-hybridized carbons (Fsp3) is 0.250. The van der Waals surface area contributed by atoms with Crippen LogP contribution in [0.5, 0.6) is 0 Å². The number of aliphatic hydroxyl groups is 1. The molecular weight excluding hydrogens is 158 g/mol. The highest BCUT2D eigenvalue weighted by atomic mass is 32.1. The first kappa shape index (κ1) is 8.30. The van der Waals surface area contributed by atoms with Gasteiger partial charge in [-0.3, -0.25) is 4.98 Å². The van der Waals surface area contributed by atoms with Crippen LogP contribution in [0.4, 0.5) is 0 Å². The summed E-state index contributed by atoms with van der Waals surface area (Å²) in [5.74, 6) is 0. The van der Waals surface area contributed by atoms with Crippen molar-refractivity contribution in [2.24, 2.45) is 0 Å². The SMILES string of the molecule is OC([C]=S)Cc1ccncc1. The van der Waals surface area contributed by atoms with Crippen LogP contribution in [0.25, 0.3) is 0 Å². The van der Waals surface area contributed by atoms with Gasteiger partial charge in [0.1, 0.15) is 0 Å². The Morgan fingerprint density at radius 3 is 2.73 bits per heavy atom. The van der Waals surface area contributed by atoms with Gasteiger partial charge in [-0.05, 0) is 17.7 Å². The zero-order valence-corrected chi connectivity index (χ0v) is 6.71. The predicted octanol–water partition coefficient (Wildman–Crippen LogP) is 0.862. The smallest absolute Gasteiger partial charge is 0.0942 e. The van der Waals surface area contributed by atoms with Crippen LogP contribution < -0.4 is 0 Å². The summed E-state index contributed by atoms with van der Waals surface area (Å²) in [6.07, 6.45) is 3.25. The number of thiocarbonyl (C=S) groups is 1. The van der Waals surface area contributed by atoms with Gasteiger partial charge in [-0.1, -0.05) is 12.2 Å². The minimum Gasteiger partial charge on any atom is -0.387 e. The van der Waals surface area contributed by atoms with Gasteiger partial charge in [0.05, 0.1) is 11.5 Å². The molecule has 0 amide bonds. The molecule has 0 aliphatic carbocycles. The van der Waals surface area contributed by atoms with Gasteiger partial charge in [-0.25, -0.2) is 0 Å². The van der Waals surface area contributed by atoms with Gasteiger partial charge in [0.2, 0.25) is 0 Å². The van der Waals surface area contributed by atoms with Crippen molar-refractivity contribution >= 4 is 17.6 Å². The van der Waals surface area contributed by atoms with E-state index in [9.17, 15) is 0 Å². The molecule has 57 valence electrons. The Morgan fingerprint density at radius 2 is 2.18 bits per heavy atom. The molecule has 0 saturated carbocycles. The predicted molar refractivity (Wildman–Crippen MR) is 46.5 cm³/mol. The Morgan fingerprint density at radius 1 is 1.55 bits per heavy atom. The van der Waals surface area contributed by atoms with E-state index in [-0.39, 0.29) is 0 Å². The second-order valence-electron chi connectivity index (χ2n) is 2.19. The van der Waals surface area contributed by atoms with Crippen LogP contribution in [0.1, 0.15) is 5.56 Å². The van der Waals surface area contributed by atoms with Crippen molar-refractivity contribution in [3.8, 4) is 0 Å². The Kier molecular flexibility index (Phi) is 3.14. The summed E-state index contributed by atoms with van der Waals surface area (Å²) in [6.45, 7) is 0. The highest BCUT2D eigenvalue weighted by Gasteiger charge is 2.00. The van der Waals surface area contributed by atoms with Crippen molar-refractivity contribution in [2.75, 3.05) is 0 Å². The molecule has 1 aromatic heterocycles. The van der Waals surface area contributed by atoms with E-state index in [0.29, 0.717) is 6.42 Å². The van der Waals surface area contributed by atoms with E-state index in [1.54, 1.807) is 12.4 Å². The summed E-state index contributed by atoms with van der Waals surface area (Å²) >= 11 is 4.46. The first-order chi connectivity index (χ1) is 5.33. The van der Waals surface area contributed by atoms with Crippen LogP contribution in [-0.4, -0.2) is 21.6 Å². The first-order valence-corrected chi connectivity index (χ1v) is 3.68. The highest BCUT2D eigenvalue weighted by Crippen LogP contribution is 1.99. The van der Waals surface area contributed by atoms with Crippen molar-refractivity contribution in [3.05, 3.63) is 30.1 Å². The fourth-order valence-corrected chi connectivity index (χ4v) is 0.867. The normalized spacial score (nSPS) is 12.5. The molecule has 3 heteroatoms. The first-order valence-electron chi connectivity index (χ1n) is 3.27. The molecule has 1 N–H and O–H groups in total. The second kappa shape index (κ2) is 4.16. The van der Waals surface area contributed by atoms with E-state index in [1.165, 1.54) is 0 Å². The average Bonchev–Trinajstić information content (AvgIpc) is 2.06. The fourth-order valence-electron chi connectivity index (χ4n) is 0.784. The van der Waals surface area contributed by atoms with E-state index in [4.69, 9.17) is 5.11 Å². The molecule has 0 aliphatic heterocycles. The summed E-state index contributed by atoms with van der Waals surface area (Å²) in [5, 5.41) is 11.4. The van der Waals surface area contributed by atoms with E-state index < -0.39 is 6.10 Å². The number of hydrogen-bond donors (Lipinski definition) is 1. The summed E-state index contributed by atoms with van der Waals surface area (Å²) in [7, 11) is 0. The molecule has 0 fully saturated rings. The van der Waals surface area contributed by atoms with Crippen molar-refractivity contribution < 1.29 is 5.11 Å². The van der Waals surface area contributed by atoms with Crippen molar-refractivity contribution in [1.82, 2.24) is 4.98 Å². The third kappa shape index (κ3) is 2.74. The molecule has 2 nitrogen and oxygen atoms in total. The number of aromatic nitrogens is 1. The molecule has 11 heavy (non-hydrogen) atoms. The Bertz CT molecular complexity index is 225. The van der Waals surface area contributed by atoms with Crippen LogP contribution in [0.15, 0.2) is 24.5 Å². The Hall–Kier alpha value is -0.800. The summed E-state index contributed by atoms with van der Waals surface area (Å²) in [4.78, 5) is 3.85. The summed E-state index contributed by atoms with van der Waals surface area (Å²) < 4.78 is 0. The maximum atomic E-state index is 9.08. The summed E-state index contributed by atoms with van der Waals surface area (Å²) in [5.41, 5.74) is 1.02. The molecule has 0 aliphatic rings. The quantitative estimate of drug-likeness (QED) is 0.676. The Labute approximate surface area is 70.9 Å². The zero-order chi connectivity index (χ0) is 8.10. The van der Waals surface area contributed by atoms with Crippen molar-refractivity contribution in [3.63, 3.8) is 0 Å². The lowest BCUT2D eigenvalue weighted by molar-refractivity contribution is 0.249. The van der Waals surface area contributed by atoms with E-state index in [0.717, 1.165) is 5.56 Å². The van der Waals surface area contributed by atoms with E-state index in [2.05, 4.69) is 22.6 Å². The van der Waals surface area contributed by atoms with Gasteiger partial charge in [0, 0.05) is 18.8 Å². The maximum absolute atomic E-state index is 9.08. The molecule has 0 aromatic carbocycles. The van der Waals surface area contributed by atoms with Gasteiger partial charge >= 0.3 is 0 Å². The molecule has 1 unspecified atom stereocenters. The molecule has 0 bridgehead atoms. The number of pyridine rings is 1. The van der Waals surface area contributed by atoms with Crippen LogP contribution in [-0.2, 0) is 6.42 Å². The van der Waals surface area contributed by atoms with E-state index in [1.807, 2.05) is 12.1 Å². The molecule has 0 spiro atoms. The molecule has 1 aromatic rings. The average molecular weight is 166 g/mol. The third-order valence-electron chi connectivity index (χ3n) is 1.31. The van der Waals surface area contributed by atoms with Crippen LogP contribution >= 0.6 is 12.2 Å². The van der Waals surface area contributed by atoms with Gasteiger partial charge < -0.3 is 5.11 Å². The van der Waals surface area contributed by atoms with Gasteiger partial charge in [0.15, 0.2) is 0 Å². The van der Waals surface area contributed by atoms with E-state index >= 15 is 0 Å². The molecule has 0 saturated heterocycles. The molecule has 1 radical (unpaired) electrons. The molecular formula is C8H8NOS. The maximum Gasteiger partial charge on any atom is 0.0942 e. The second-order valence-corrected chi connectivity index (χ2v) is 2.43. The van der Waals surface area contributed by atoms with Crippen molar-refractivity contribution in [2.45, 2.75) is 12.5 Å². The molecule has 1 heterocycles. The van der Waals surface area contributed by atoms with Crippen LogP contribution in [0, 0.1) is 0 Å². The van der Waals surface area contributed by atoms with Gasteiger partial charge in [-0.15, -0.1) is 0 Å². The van der Waals surface area contributed by atoms with Crippen molar-refractivity contribution in [1.29, 1.82) is 0 Å². The van der Waals surface area contributed by atoms with Gasteiger partial charge in [-0.2, -0.15) is 0 Å². The number of nitrogens with zero attached hydrogens (tertiary/aromatic N) is 1. The minimum atomic E-state index is -0.646. The monoisotopic (exact) mass is 166 g/mol. The largest absolute Gasteiger partial charge is 0.387 e.